The number of ether oxygens (including phenoxy) is 1. The highest BCUT2D eigenvalue weighted by Gasteiger charge is 2.25. The Morgan fingerprint density at radius 3 is 2.60 bits per heavy atom. The molecular formula is C8H5Br2F2NO2. The third-order valence-electron chi connectivity index (χ3n) is 1.63. The maximum absolute atomic E-state index is 12.7. The van der Waals surface area contributed by atoms with Crippen LogP contribution in [-0.4, -0.2) is 18.1 Å². The van der Waals surface area contributed by atoms with Gasteiger partial charge in [0.2, 0.25) is 0 Å². The van der Waals surface area contributed by atoms with Crippen molar-refractivity contribution in [3.8, 4) is 0 Å². The fourth-order valence-electron chi connectivity index (χ4n) is 0.988. The van der Waals surface area contributed by atoms with E-state index in [1.54, 1.807) is 0 Å². The van der Waals surface area contributed by atoms with Crippen LogP contribution in [0.25, 0.3) is 0 Å². The molecule has 0 atom stereocenters. The standard InChI is InChI=1S/C8H5Br2F2NO2/c1-15-8(14)5-4(7(11)12)3(9)2-13-6(5)10/h2,7H,1H3. The predicted molar refractivity (Wildman–Crippen MR) is 55.9 cm³/mol. The molecule has 0 unspecified atom stereocenters. The minimum absolute atomic E-state index is 0.0350. The molecule has 0 aromatic carbocycles. The minimum atomic E-state index is -2.78. The Bertz CT molecular complexity index is 398. The number of esters is 1. The van der Waals surface area contributed by atoms with Gasteiger partial charge in [0.25, 0.3) is 6.43 Å². The van der Waals surface area contributed by atoms with E-state index in [9.17, 15) is 13.6 Å². The second-order valence-electron chi connectivity index (χ2n) is 2.48. The van der Waals surface area contributed by atoms with Crippen LogP contribution in [0.1, 0.15) is 22.3 Å². The van der Waals surface area contributed by atoms with E-state index in [4.69, 9.17) is 0 Å². The van der Waals surface area contributed by atoms with Crippen molar-refractivity contribution in [2.75, 3.05) is 7.11 Å². The summed E-state index contributed by atoms with van der Waals surface area (Å²) in [5, 5.41) is 0. The maximum Gasteiger partial charge on any atom is 0.341 e. The van der Waals surface area contributed by atoms with Crippen LogP contribution in [0.15, 0.2) is 15.3 Å². The molecule has 7 heteroatoms. The van der Waals surface area contributed by atoms with Crippen LogP contribution in [0.2, 0.25) is 0 Å². The molecule has 0 aliphatic heterocycles. The van der Waals surface area contributed by atoms with E-state index >= 15 is 0 Å². The second kappa shape index (κ2) is 4.98. The Balaban J connectivity index is 3.45. The molecule has 0 radical (unpaired) electrons. The van der Waals surface area contributed by atoms with Crippen molar-refractivity contribution in [1.82, 2.24) is 4.98 Å². The Kier molecular flexibility index (Phi) is 4.15. The van der Waals surface area contributed by atoms with Gasteiger partial charge >= 0.3 is 5.97 Å². The van der Waals surface area contributed by atoms with Crippen molar-refractivity contribution >= 4 is 37.8 Å². The van der Waals surface area contributed by atoms with Crippen molar-refractivity contribution < 1.29 is 18.3 Å². The van der Waals surface area contributed by atoms with Gasteiger partial charge in [0.05, 0.1) is 12.7 Å². The molecule has 15 heavy (non-hydrogen) atoms. The van der Waals surface area contributed by atoms with E-state index in [0.717, 1.165) is 7.11 Å². The number of hydrogen-bond donors (Lipinski definition) is 0. The first-order valence-corrected chi connectivity index (χ1v) is 5.28. The normalized spacial score (nSPS) is 10.5. The third-order valence-corrected chi connectivity index (χ3v) is 2.87. The molecule has 0 aliphatic carbocycles. The first kappa shape index (κ1) is 12.5. The number of carbonyl (C=O) groups is 1. The molecule has 0 saturated heterocycles. The van der Waals surface area contributed by atoms with Gasteiger partial charge in [0, 0.05) is 10.7 Å². The first-order valence-electron chi connectivity index (χ1n) is 3.69. The van der Waals surface area contributed by atoms with Crippen LogP contribution in [-0.2, 0) is 4.74 Å². The van der Waals surface area contributed by atoms with Gasteiger partial charge in [-0.2, -0.15) is 0 Å². The van der Waals surface area contributed by atoms with Crippen LogP contribution in [0.3, 0.4) is 0 Å². The van der Waals surface area contributed by atoms with Gasteiger partial charge < -0.3 is 4.74 Å². The average Bonchev–Trinajstić information content (AvgIpc) is 2.19. The molecule has 0 fully saturated rings. The lowest BCUT2D eigenvalue weighted by Gasteiger charge is -2.10. The summed E-state index contributed by atoms with van der Waals surface area (Å²) in [5.41, 5.74) is -0.689. The molecule has 0 N–H and O–H groups in total. The lowest BCUT2D eigenvalue weighted by molar-refractivity contribution is 0.0587. The van der Waals surface area contributed by atoms with E-state index in [2.05, 4.69) is 41.6 Å². The van der Waals surface area contributed by atoms with E-state index in [1.165, 1.54) is 6.20 Å². The molecule has 0 spiro atoms. The van der Waals surface area contributed by atoms with Gasteiger partial charge in [-0.05, 0) is 31.9 Å². The molecule has 1 heterocycles. The van der Waals surface area contributed by atoms with Crippen LogP contribution in [0.5, 0.6) is 0 Å². The number of hydrogen-bond acceptors (Lipinski definition) is 3. The van der Waals surface area contributed by atoms with Crippen LogP contribution < -0.4 is 0 Å². The second-order valence-corrected chi connectivity index (χ2v) is 4.08. The number of alkyl halides is 2. The van der Waals surface area contributed by atoms with Crippen LogP contribution in [0.4, 0.5) is 8.78 Å². The highest BCUT2D eigenvalue weighted by atomic mass is 79.9. The summed E-state index contributed by atoms with van der Waals surface area (Å²) < 4.78 is 29.9. The lowest BCUT2D eigenvalue weighted by Crippen LogP contribution is -2.09. The molecule has 1 rings (SSSR count). The van der Waals surface area contributed by atoms with Gasteiger partial charge in [-0.25, -0.2) is 18.6 Å². The van der Waals surface area contributed by atoms with Gasteiger partial charge in [-0.3, -0.25) is 0 Å². The molecule has 3 nitrogen and oxygen atoms in total. The van der Waals surface area contributed by atoms with Crippen LogP contribution >= 0.6 is 31.9 Å². The molecule has 1 aromatic heterocycles. The number of carbonyl (C=O) groups excluding carboxylic acids is 1. The number of methoxy groups -OCH3 is 1. The Labute approximate surface area is 101 Å². The summed E-state index contributed by atoms with van der Waals surface area (Å²) >= 11 is 5.83. The summed E-state index contributed by atoms with van der Waals surface area (Å²) in [5.74, 6) is -0.856. The zero-order chi connectivity index (χ0) is 11.6. The highest BCUT2D eigenvalue weighted by Crippen LogP contribution is 2.33. The number of nitrogens with zero attached hydrogens (tertiary/aromatic N) is 1. The van der Waals surface area contributed by atoms with Crippen molar-refractivity contribution in [3.63, 3.8) is 0 Å². The van der Waals surface area contributed by atoms with Crippen LogP contribution in [0, 0.1) is 0 Å². The SMILES string of the molecule is COC(=O)c1c(Br)ncc(Br)c1C(F)F. The van der Waals surface area contributed by atoms with Gasteiger partial charge in [-0.1, -0.05) is 0 Å². The number of rotatable bonds is 2. The number of pyridine rings is 1. The third kappa shape index (κ3) is 2.52. The monoisotopic (exact) mass is 343 g/mol. The van der Waals surface area contributed by atoms with E-state index in [1.807, 2.05) is 0 Å². The summed E-state index contributed by atoms with van der Waals surface area (Å²) in [4.78, 5) is 15.0. The average molecular weight is 345 g/mol. The summed E-state index contributed by atoms with van der Waals surface area (Å²) in [6.45, 7) is 0. The predicted octanol–water partition coefficient (Wildman–Crippen LogP) is 3.33. The number of halogens is 4. The fraction of sp³-hybridized carbons (Fsp3) is 0.250. The van der Waals surface area contributed by atoms with Crippen molar-refractivity contribution in [2.24, 2.45) is 0 Å². The largest absolute Gasteiger partial charge is 0.465 e. The van der Waals surface area contributed by atoms with Gasteiger partial charge in [0.1, 0.15) is 10.2 Å². The fourth-order valence-corrected chi connectivity index (χ4v) is 1.94. The van der Waals surface area contributed by atoms with Gasteiger partial charge in [-0.15, -0.1) is 0 Å². The van der Waals surface area contributed by atoms with Gasteiger partial charge in [0.15, 0.2) is 0 Å². The highest BCUT2D eigenvalue weighted by molar-refractivity contribution is 9.11. The number of aromatic nitrogens is 1. The Morgan fingerprint density at radius 1 is 1.53 bits per heavy atom. The summed E-state index contributed by atoms with van der Waals surface area (Å²) in [6.07, 6.45) is -1.59. The smallest absolute Gasteiger partial charge is 0.341 e. The summed E-state index contributed by atoms with van der Waals surface area (Å²) in [6, 6.07) is 0. The topological polar surface area (TPSA) is 39.2 Å². The molecule has 82 valence electrons. The Hall–Kier alpha value is -0.560. The molecule has 0 amide bonds. The quantitative estimate of drug-likeness (QED) is 0.610. The maximum atomic E-state index is 12.7. The molecule has 0 bridgehead atoms. The Morgan fingerprint density at radius 2 is 2.13 bits per heavy atom. The minimum Gasteiger partial charge on any atom is -0.465 e. The molecule has 1 aromatic rings. The van der Waals surface area contributed by atoms with E-state index in [0.29, 0.717) is 0 Å². The van der Waals surface area contributed by atoms with E-state index < -0.39 is 18.0 Å². The molecule has 0 saturated carbocycles. The van der Waals surface area contributed by atoms with Crippen molar-refractivity contribution in [1.29, 1.82) is 0 Å². The molecule has 0 aliphatic rings. The molecular weight excluding hydrogens is 340 g/mol. The summed E-state index contributed by atoms with van der Waals surface area (Å²) in [7, 11) is 1.12. The van der Waals surface area contributed by atoms with Crippen molar-refractivity contribution in [3.05, 3.63) is 26.4 Å². The first-order chi connectivity index (χ1) is 6.99. The lowest BCUT2D eigenvalue weighted by atomic mass is 10.1. The zero-order valence-electron chi connectivity index (χ0n) is 7.43. The van der Waals surface area contributed by atoms with E-state index in [-0.39, 0.29) is 14.6 Å². The van der Waals surface area contributed by atoms with Crippen molar-refractivity contribution in [2.45, 2.75) is 6.43 Å². The zero-order valence-corrected chi connectivity index (χ0v) is 10.6.